The van der Waals surface area contributed by atoms with E-state index in [0.29, 0.717) is 0 Å². The highest BCUT2D eigenvalue weighted by Gasteiger charge is 2.20. The van der Waals surface area contributed by atoms with Crippen molar-refractivity contribution in [3.63, 3.8) is 0 Å². The zero-order valence-corrected chi connectivity index (χ0v) is 9.34. The van der Waals surface area contributed by atoms with E-state index in [0.717, 1.165) is 0 Å². The Morgan fingerprint density at radius 1 is 1.50 bits per heavy atom. The Labute approximate surface area is 102 Å². The fourth-order valence-electron chi connectivity index (χ4n) is 1.33. The molecular formula is C10H12N4O4. The number of hydrogen-bond acceptors (Lipinski definition) is 5. The number of azide groups is 1. The highest BCUT2D eigenvalue weighted by molar-refractivity contribution is 5.85. The average molecular weight is 252 g/mol. The summed E-state index contributed by atoms with van der Waals surface area (Å²) in [6.45, 7) is 0.0351. The van der Waals surface area contributed by atoms with Crippen LogP contribution in [0.15, 0.2) is 23.3 Å². The molecule has 0 spiro atoms. The van der Waals surface area contributed by atoms with Crippen LogP contribution >= 0.6 is 0 Å². The van der Waals surface area contributed by atoms with Gasteiger partial charge < -0.3 is 15.3 Å². The average Bonchev–Trinajstić information content (AvgIpc) is 2.38. The van der Waals surface area contributed by atoms with Crippen LogP contribution in [0.2, 0.25) is 0 Å². The lowest BCUT2D eigenvalue weighted by atomic mass is 10.1. The fourth-order valence-corrected chi connectivity index (χ4v) is 1.33. The number of carbonyl (C=O) groups is 1. The number of aromatic nitrogens is 1. The second kappa shape index (κ2) is 6.55. The van der Waals surface area contributed by atoms with Crippen LogP contribution in [-0.2, 0) is 0 Å². The van der Waals surface area contributed by atoms with E-state index in [1.165, 1.54) is 18.2 Å². The third kappa shape index (κ3) is 3.70. The molecule has 1 rings (SSSR count). The van der Waals surface area contributed by atoms with Gasteiger partial charge in [-0.15, -0.1) is 0 Å². The molecule has 1 aromatic heterocycles. The molecule has 0 aromatic carbocycles. The Hall–Kier alpha value is -2.15. The Morgan fingerprint density at radius 3 is 2.83 bits per heavy atom. The van der Waals surface area contributed by atoms with Crippen LogP contribution in [0.5, 0.6) is 0 Å². The number of rotatable bonds is 6. The number of carboxylic acid groups (broad SMARTS) is 1. The number of nitrogens with zero attached hydrogens (tertiary/aromatic N) is 4. The van der Waals surface area contributed by atoms with E-state index in [9.17, 15) is 15.0 Å². The Bertz CT molecular complexity index is 473. The number of carboxylic acids is 1. The maximum atomic E-state index is 10.7. The molecule has 2 unspecified atom stereocenters. The van der Waals surface area contributed by atoms with E-state index in [4.69, 9.17) is 10.6 Å². The van der Waals surface area contributed by atoms with Crippen molar-refractivity contribution < 1.29 is 20.1 Å². The van der Waals surface area contributed by atoms with Crippen molar-refractivity contribution in [2.75, 3.05) is 6.54 Å². The lowest BCUT2D eigenvalue weighted by molar-refractivity contribution is 0.0123. The van der Waals surface area contributed by atoms with Gasteiger partial charge >= 0.3 is 5.97 Å². The van der Waals surface area contributed by atoms with Gasteiger partial charge in [-0.3, -0.25) is 0 Å². The van der Waals surface area contributed by atoms with Gasteiger partial charge in [-0.1, -0.05) is 11.2 Å². The van der Waals surface area contributed by atoms with E-state index < -0.39 is 18.2 Å². The SMILES string of the molecule is [N-]=[N+]=NCCC(O)C(O)c1cccc(C(=O)O)n1. The molecule has 0 aliphatic heterocycles. The van der Waals surface area contributed by atoms with Gasteiger partial charge in [0.2, 0.25) is 0 Å². The minimum Gasteiger partial charge on any atom is -0.477 e. The van der Waals surface area contributed by atoms with Crippen molar-refractivity contribution in [3.8, 4) is 0 Å². The van der Waals surface area contributed by atoms with Gasteiger partial charge in [-0.05, 0) is 24.1 Å². The molecule has 0 aliphatic carbocycles. The van der Waals surface area contributed by atoms with Gasteiger partial charge in [0, 0.05) is 11.5 Å². The van der Waals surface area contributed by atoms with Crippen LogP contribution in [0.3, 0.4) is 0 Å². The predicted molar refractivity (Wildman–Crippen MR) is 60.8 cm³/mol. The topological polar surface area (TPSA) is 139 Å². The molecule has 8 heteroatoms. The maximum absolute atomic E-state index is 10.7. The van der Waals surface area contributed by atoms with Crippen LogP contribution < -0.4 is 0 Å². The Kier molecular flexibility index (Phi) is 5.06. The third-order valence-electron chi connectivity index (χ3n) is 2.25. The lowest BCUT2D eigenvalue weighted by Gasteiger charge is -2.16. The van der Waals surface area contributed by atoms with E-state index >= 15 is 0 Å². The van der Waals surface area contributed by atoms with Crippen LogP contribution in [0.1, 0.15) is 28.7 Å². The number of aliphatic hydroxyl groups excluding tert-OH is 2. The fraction of sp³-hybridized carbons (Fsp3) is 0.400. The molecule has 2 atom stereocenters. The molecule has 0 saturated heterocycles. The number of aliphatic hydroxyl groups is 2. The molecule has 0 fully saturated rings. The first-order chi connectivity index (χ1) is 8.56. The molecule has 8 nitrogen and oxygen atoms in total. The summed E-state index contributed by atoms with van der Waals surface area (Å²) in [5, 5.41) is 31.3. The molecule has 0 bridgehead atoms. The first-order valence-electron chi connectivity index (χ1n) is 5.13. The van der Waals surface area contributed by atoms with Crippen molar-refractivity contribution in [2.24, 2.45) is 5.11 Å². The summed E-state index contributed by atoms with van der Waals surface area (Å²) in [4.78, 5) is 16.9. The second-order valence-corrected chi connectivity index (χ2v) is 3.51. The van der Waals surface area contributed by atoms with Gasteiger partial charge in [0.15, 0.2) is 0 Å². The highest BCUT2D eigenvalue weighted by atomic mass is 16.4. The van der Waals surface area contributed by atoms with Gasteiger partial charge in [-0.25, -0.2) is 9.78 Å². The van der Waals surface area contributed by atoms with Crippen molar-refractivity contribution >= 4 is 5.97 Å². The molecule has 1 aromatic rings. The second-order valence-electron chi connectivity index (χ2n) is 3.51. The molecule has 0 amide bonds. The molecule has 18 heavy (non-hydrogen) atoms. The zero-order valence-electron chi connectivity index (χ0n) is 9.34. The van der Waals surface area contributed by atoms with Crippen molar-refractivity contribution in [3.05, 3.63) is 40.0 Å². The molecular weight excluding hydrogens is 240 g/mol. The molecule has 3 N–H and O–H groups in total. The van der Waals surface area contributed by atoms with E-state index in [-0.39, 0.29) is 24.4 Å². The lowest BCUT2D eigenvalue weighted by Crippen LogP contribution is -2.20. The van der Waals surface area contributed by atoms with E-state index in [1.807, 2.05) is 0 Å². The van der Waals surface area contributed by atoms with Crippen LogP contribution in [0.4, 0.5) is 0 Å². The van der Waals surface area contributed by atoms with Gasteiger partial charge in [-0.2, -0.15) is 0 Å². The number of aromatic carboxylic acids is 1. The quantitative estimate of drug-likeness (QED) is 0.391. The van der Waals surface area contributed by atoms with Crippen LogP contribution in [-0.4, -0.2) is 38.9 Å². The first kappa shape index (κ1) is 13.9. The molecule has 96 valence electrons. The number of hydrogen-bond donors (Lipinski definition) is 3. The van der Waals surface area contributed by atoms with Gasteiger partial charge in [0.1, 0.15) is 11.8 Å². The van der Waals surface area contributed by atoms with Crippen molar-refractivity contribution in [1.82, 2.24) is 4.98 Å². The van der Waals surface area contributed by atoms with Gasteiger partial charge in [0.25, 0.3) is 0 Å². The Morgan fingerprint density at radius 2 is 2.22 bits per heavy atom. The standard InChI is InChI=1S/C10H12N4O4/c11-14-12-5-4-8(15)9(16)6-2-1-3-7(13-6)10(17)18/h1-3,8-9,15-16H,4-5H2,(H,17,18). The zero-order chi connectivity index (χ0) is 13.5. The molecule has 0 radical (unpaired) electrons. The largest absolute Gasteiger partial charge is 0.477 e. The predicted octanol–water partition coefficient (Wildman–Crippen LogP) is 0.875. The summed E-state index contributed by atoms with van der Waals surface area (Å²) >= 11 is 0. The van der Waals surface area contributed by atoms with Crippen molar-refractivity contribution in [2.45, 2.75) is 18.6 Å². The smallest absolute Gasteiger partial charge is 0.354 e. The molecule has 0 aliphatic rings. The van der Waals surface area contributed by atoms with E-state index in [1.54, 1.807) is 0 Å². The summed E-state index contributed by atoms with van der Waals surface area (Å²) in [5.41, 5.74) is 7.91. The normalized spacial score (nSPS) is 13.4. The number of pyridine rings is 1. The minimum absolute atomic E-state index is 0.0351. The minimum atomic E-state index is -1.32. The van der Waals surface area contributed by atoms with E-state index in [2.05, 4.69) is 15.0 Å². The van der Waals surface area contributed by atoms with Gasteiger partial charge in [0.05, 0.1) is 11.8 Å². The van der Waals surface area contributed by atoms with Crippen LogP contribution in [0, 0.1) is 0 Å². The summed E-state index contributed by atoms with van der Waals surface area (Å²) in [6.07, 6.45) is -2.44. The summed E-state index contributed by atoms with van der Waals surface area (Å²) in [6, 6.07) is 4.12. The summed E-state index contributed by atoms with van der Waals surface area (Å²) in [7, 11) is 0. The molecule has 0 saturated carbocycles. The first-order valence-corrected chi connectivity index (χ1v) is 5.13. The Balaban J connectivity index is 2.76. The summed E-state index contributed by atoms with van der Waals surface area (Å²) < 4.78 is 0. The third-order valence-corrected chi connectivity index (χ3v) is 2.25. The maximum Gasteiger partial charge on any atom is 0.354 e. The monoisotopic (exact) mass is 252 g/mol. The summed E-state index contributed by atoms with van der Waals surface area (Å²) in [5.74, 6) is -1.22. The van der Waals surface area contributed by atoms with Crippen molar-refractivity contribution in [1.29, 1.82) is 0 Å². The highest BCUT2D eigenvalue weighted by Crippen LogP contribution is 2.17. The molecule has 1 heterocycles. The van der Waals surface area contributed by atoms with Crippen LogP contribution in [0.25, 0.3) is 10.4 Å².